The van der Waals surface area contributed by atoms with E-state index in [-0.39, 0.29) is 18.1 Å². The van der Waals surface area contributed by atoms with E-state index in [1.54, 1.807) is 13.0 Å². The van der Waals surface area contributed by atoms with Gasteiger partial charge in [0.15, 0.2) is 0 Å². The Labute approximate surface area is 112 Å². The number of carbonyl (C=O) groups is 2. The van der Waals surface area contributed by atoms with Gasteiger partial charge in [0.1, 0.15) is 0 Å². The molecule has 0 saturated carbocycles. The van der Waals surface area contributed by atoms with Gasteiger partial charge in [0.25, 0.3) is 5.91 Å². The van der Waals surface area contributed by atoms with E-state index in [0.717, 1.165) is 32.1 Å². The molecule has 2 N–H and O–H groups in total. The highest BCUT2D eigenvalue weighted by molar-refractivity contribution is 5.91. The minimum Gasteiger partial charge on any atom is -0.481 e. The topological polar surface area (TPSA) is 92.4 Å². The Morgan fingerprint density at radius 2 is 1.95 bits per heavy atom. The first-order valence-corrected chi connectivity index (χ1v) is 6.53. The highest BCUT2D eigenvalue weighted by atomic mass is 16.5. The van der Waals surface area contributed by atoms with Gasteiger partial charge in [-0.2, -0.15) is 0 Å². The zero-order valence-corrected chi connectivity index (χ0v) is 11.1. The van der Waals surface area contributed by atoms with Crippen LogP contribution in [0, 0.1) is 6.92 Å². The fourth-order valence-electron chi connectivity index (χ4n) is 1.69. The van der Waals surface area contributed by atoms with Crippen LogP contribution >= 0.6 is 0 Å². The SMILES string of the molecule is Cc1cc(C(=O)NCCCCCCCC(=O)O)on1. The van der Waals surface area contributed by atoms with Crippen LogP contribution in [0.25, 0.3) is 0 Å². The van der Waals surface area contributed by atoms with Crippen molar-refractivity contribution in [2.24, 2.45) is 0 Å². The van der Waals surface area contributed by atoms with Gasteiger partial charge in [-0.15, -0.1) is 0 Å². The quantitative estimate of drug-likeness (QED) is 0.669. The molecular formula is C13H20N2O4. The van der Waals surface area contributed by atoms with Gasteiger partial charge in [-0.1, -0.05) is 24.4 Å². The van der Waals surface area contributed by atoms with E-state index in [1.807, 2.05) is 0 Å². The van der Waals surface area contributed by atoms with Crippen LogP contribution in [0.1, 0.15) is 54.8 Å². The van der Waals surface area contributed by atoms with Crippen molar-refractivity contribution in [1.29, 1.82) is 0 Å². The third kappa shape index (κ3) is 6.59. The van der Waals surface area contributed by atoms with Crippen molar-refractivity contribution in [1.82, 2.24) is 10.5 Å². The predicted molar refractivity (Wildman–Crippen MR) is 68.9 cm³/mol. The average molecular weight is 268 g/mol. The van der Waals surface area contributed by atoms with Crippen LogP contribution in [0.4, 0.5) is 0 Å². The summed E-state index contributed by atoms with van der Waals surface area (Å²) in [4.78, 5) is 21.8. The first kappa shape index (κ1) is 15.2. The molecule has 106 valence electrons. The lowest BCUT2D eigenvalue weighted by Gasteiger charge is -2.02. The summed E-state index contributed by atoms with van der Waals surface area (Å²) in [6.45, 7) is 2.36. The Kier molecular flexibility index (Phi) is 6.63. The summed E-state index contributed by atoms with van der Waals surface area (Å²) in [5.74, 6) is -0.750. The highest BCUT2D eigenvalue weighted by Crippen LogP contribution is 2.05. The van der Waals surface area contributed by atoms with Crippen LogP contribution in [0.15, 0.2) is 10.6 Å². The number of carboxylic acids is 1. The summed E-state index contributed by atoms with van der Waals surface area (Å²) in [5, 5.41) is 14.9. The number of hydrogen-bond donors (Lipinski definition) is 2. The number of carbonyl (C=O) groups excluding carboxylic acids is 1. The average Bonchev–Trinajstić information content (AvgIpc) is 2.78. The summed E-state index contributed by atoms with van der Waals surface area (Å²) < 4.78 is 4.84. The second kappa shape index (κ2) is 8.29. The molecule has 19 heavy (non-hydrogen) atoms. The number of hydrogen-bond acceptors (Lipinski definition) is 4. The number of nitrogens with one attached hydrogen (secondary N) is 1. The molecule has 6 nitrogen and oxygen atoms in total. The number of amides is 1. The molecule has 0 radical (unpaired) electrons. The largest absolute Gasteiger partial charge is 0.481 e. The minimum absolute atomic E-state index is 0.235. The Hall–Kier alpha value is -1.85. The zero-order chi connectivity index (χ0) is 14.1. The maximum Gasteiger partial charge on any atom is 0.303 e. The summed E-state index contributed by atoms with van der Waals surface area (Å²) in [6.07, 6.45) is 4.73. The van der Waals surface area contributed by atoms with Crippen LogP contribution < -0.4 is 5.32 Å². The third-order valence-corrected chi connectivity index (χ3v) is 2.70. The van der Waals surface area contributed by atoms with Crippen molar-refractivity contribution in [3.05, 3.63) is 17.5 Å². The fourth-order valence-corrected chi connectivity index (χ4v) is 1.69. The molecule has 0 aliphatic rings. The standard InChI is InChI=1S/C13H20N2O4/c1-10-9-11(19-15-10)13(18)14-8-6-4-2-3-5-7-12(16)17/h9H,2-8H2,1H3,(H,14,18)(H,16,17). The normalized spacial score (nSPS) is 10.4. The van der Waals surface area contributed by atoms with E-state index in [1.165, 1.54) is 0 Å². The summed E-state index contributed by atoms with van der Waals surface area (Å²) in [7, 11) is 0. The van der Waals surface area contributed by atoms with Gasteiger partial charge in [-0.05, 0) is 19.8 Å². The van der Waals surface area contributed by atoms with Gasteiger partial charge in [-0.25, -0.2) is 0 Å². The number of aromatic nitrogens is 1. The fraction of sp³-hybridized carbons (Fsp3) is 0.615. The van der Waals surface area contributed by atoms with Crippen LogP contribution in [0.3, 0.4) is 0 Å². The highest BCUT2D eigenvalue weighted by Gasteiger charge is 2.09. The number of unbranched alkanes of at least 4 members (excludes halogenated alkanes) is 4. The molecule has 0 aliphatic carbocycles. The van der Waals surface area contributed by atoms with Gasteiger partial charge in [-0.3, -0.25) is 9.59 Å². The van der Waals surface area contributed by atoms with Gasteiger partial charge in [0, 0.05) is 19.0 Å². The van der Waals surface area contributed by atoms with E-state index in [2.05, 4.69) is 10.5 Å². The molecule has 0 aromatic carbocycles. The number of aliphatic carboxylic acids is 1. The molecule has 0 atom stereocenters. The van der Waals surface area contributed by atoms with E-state index in [4.69, 9.17) is 9.63 Å². The molecule has 0 aliphatic heterocycles. The number of nitrogens with zero attached hydrogens (tertiary/aromatic N) is 1. The maximum absolute atomic E-state index is 11.6. The van der Waals surface area contributed by atoms with Gasteiger partial charge >= 0.3 is 5.97 Å². The third-order valence-electron chi connectivity index (χ3n) is 2.70. The molecule has 1 aromatic heterocycles. The van der Waals surface area contributed by atoms with E-state index in [0.29, 0.717) is 12.2 Å². The lowest BCUT2D eigenvalue weighted by atomic mass is 10.1. The van der Waals surface area contributed by atoms with Crippen LogP contribution in [-0.2, 0) is 4.79 Å². The molecule has 1 amide bonds. The monoisotopic (exact) mass is 268 g/mol. The Bertz CT molecular complexity index is 415. The first-order chi connectivity index (χ1) is 9.09. The lowest BCUT2D eigenvalue weighted by Crippen LogP contribution is -2.23. The van der Waals surface area contributed by atoms with Crippen LogP contribution in [0.5, 0.6) is 0 Å². The Morgan fingerprint density at radius 1 is 1.26 bits per heavy atom. The van der Waals surface area contributed by atoms with Crippen molar-refractivity contribution >= 4 is 11.9 Å². The second-order valence-electron chi connectivity index (χ2n) is 4.50. The molecule has 1 rings (SSSR count). The van der Waals surface area contributed by atoms with Crippen molar-refractivity contribution < 1.29 is 19.2 Å². The van der Waals surface area contributed by atoms with Crippen molar-refractivity contribution in [2.45, 2.75) is 45.4 Å². The first-order valence-electron chi connectivity index (χ1n) is 6.53. The Balaban J connectivity index is 1.99. The van der Waals surface area contributed by atoms with Crippen molar-refractivity contribution in [3.63, 3.8) is 0 Å². The molecular weight excluding hydrogens is 248 g/mol. The zero-order valence-electron chi connectivity index (χ0n) is 11.1. The molecule has 0 spiro atoms. The van der Waals surface area contributed by atoms with Crippen LogP contribution in [-0.4, -0.2) is 28.7 Å². The van der Waals surface area contributed by atoms with E-state index < -0.39 is 5.97 Å². The van der Waals surface area contributed by atoms with Gasteiger partial charge in [0.05, 0.1) is 5.69 Å². The minimum atomic E-state index is -0.741. The Morgan fingerprint density at radius 3 is 2.58 bits per heavy atom. The molecule has 0 saturated heterocycles. The second-order valence-corrected chi connectivity index (χ2v) is 4.50. The van der Waals surface area contributed by atoms with Crippen LogP contribution in [0.2, 0.25) is 0 Å². The summed E-state index contributed by atoms with van der Waals surface area (Å²) in [5.41, 5.74) is 0.684. The predicted octanol–water partition coefficient (Wildman–Crippen LogP) is 2.14. The molecule has 1 heterocycles. The molecule has 0 fully saturated rings. The number of aryl methyl sites for hydroxylation is 1. The lowest BCUT2D eigenvalue weighted by molar-refractivity contribution is -0.137. The summed E-state index contributed by atoms with van der Waals surface area (Å²) in [6, 6.07) is 1.60. The van der Waals surface area contributed by atoms with Gasteiger partial charge in [0.2, 0.25) is 5.76 Å². The number of rotatable bonds is 9. The molecule has 0 unspecified atom stereocenters. The molecule has 1 aromatic rings. The smallest absolute Gasteiger partial charge is 0.303 e. The maximum atomic E-state index is 11.6. The van der Waals surface area contributed by atoms with Crippen molar-refractivity contribution in [2.75, 3.05) is 6.54 Å². The summed E-state index contributed by atoms with van der Waals surface area (Å²) >= 11 is 0. The van der Waals surface area contributed by atoms with E-state index >= 15 is 0 Å². The van der Waals surface area contributed by atoms with Crippen molar-refractivity contribution in [3.8, 4) is 0 Å². The molecule has 6 heteroatoms. The van der Waals surface area contributed by atoms with Gasteiger partial charge < -0.3 is 14.9 Å². The molecule has 0 bridgehead atoms. The van der Waals surface area contributed by atoms with E-state index in [9.17, 15) is 9.59 Å². The number of carboxylic acid groups (broad SMARTS) is 1.